The third-order valence-corrected chi connectivity index (χ3v) is 2.26. The molecule has 84 valence electrons. The number of halogens is 2. The summed E-state index contributed by atoms with van der Waals surface area (Å²) in [6.45, 7) is 1.92. The average Bonchev–Trinajstić information content (AvgIpc) is 2.16. The summed E-state index contributed by atoms with van der Waals surface area (Å²) < 4.78 is 31.7. The van der Waals surface area contributed by atoms with Gasteiger partial charge in [-0.1, -0.05) is 13.3 Å². The highest BCUT2D eigenvalue weighted by Crippen LogP contribution is 2.26. The molecule has 0 radical (unpaired) electrons. The van der Waals surface area contributed by atoms with Gasteiger partial charge < -0.3 is 10.5 Å². The molecular weight excluding hydrogens is 200 g/mol. The Bertz CT molecular complexity index is 318. The van der Waals surface area contributed by atoms with Gasteiger partial charge in [-0.15, -0.1) is 0 Å². The summed E-state index contributed by atoms with van der Waals surface area (Å²) in [5.41, 5.74) is 5.62. The Balaban J connectivity index is 3.07. The molecule has 0 saturated heterocycles. The molecular formula is C11H15F2NO. The summed E-state index contributed by atoms with van der Waals surface area (Å²) in [7, 11) is 1.36. The molecule has 0 aliphatic carbocycles. The van der Waals surface area contributed by atoms with Gasteiger partial charge in [-0.05, 0) is 6.42 Å². The minimum atomic E-state index is -0.646. The average molecular weight is 215 g/mol. The molecule has 0 amide bonds. The van der Waals surface area contributed by atoms with Crippen LogP contribution in [0.3, 0.4) is 0 Å². The Labute approximate surface area is 88.0 Å². The molecule has 1 rings (SSSR count). The van der Waals surface area contributed by atoms with Crippen molar-refractivity contribution in [3.05, 3.63) is 29.3 Å². The van der Waals surface area contributed by atoms with Crippen molar-refractivity contribution >= 4 is 0 Å². The van der Waals surface area contributed by atoms with Crippen LogP contribution in [0.5, 0.6) is 5.75 Å². The summed E-state index contributed by atoms with van der Waals surface area (Å²) in [6, 6.07) is 1.70. The van der Waals surface area contributed by atoms with E-state index in [1.807, 2.05) is 6.92 Å². The molecule has 0 fully saturated rings. The zero-order valence-electron chi connectivity index (χ0n) is 8.89. The van der Waals surface area contributed by atoms with Crippen LogP contribution in [0, 0.1) is 11.6 Å². The number of hydrogen-bond donors (Lipinski definition) is 1. The van der Waals surface area contributed by atoms with Gasteiger partial charge in [0.15, 0.2) is 0 Å². The van der Waals surface area contributed by atoms with Crippen LogP contribution in [-0.4, -0.2) is 7.11 Å². The number of methoxy groups -OCH3 is 1. The van der Waals surface area contributed by atoms with Crippen molar-refractivity contribution < 1.29 is 13.5 Å². The lowest BCUT2D eigenvalue weighted by atomic mass is 10.0. The maximum atomic E-state index is 13.5. The van der Waals surface area contributed by atoms with Crippen LogP contribution in [-0.2, 0) is 0 Å². The second-order valence-electron chi connectivity index (χ2n) is 3.40. The first-order valence-corrected chi connectivity index (χ1v) is 4.88. The molecule has 0 aliphatic rings. The van der Waals surface area contributed by atoms with Gasteiger partial charge >= 0.3 is 0 Å². The summed E-state index contributed by atoms with van der Waals surface area (Å²) in [5, 5.41) is 0. The highest BCUT2D eigenvalue weighted by molar-refractivity contribution is 5.32. The van der Waals surface area contributed by atoms with Crippen molar-refractivity contribution in [3.63, 3.8) is 0 Å². The topological polar surface area (TPSA) is 35.2 Å². The van der Waals surface area contributed by atoms with Crippen LogP contribution in [0.2, 0.25) is 0 Å². The van der Waals surface area contributed by atoms with E-state index in [0.717, 1.165) is 18.6 Å². The third-order valence-electron chi connectivity index (χ3n) is 2.26. The first kappa shape index (κ1) is 11.9. The van der Waals surface area contributed by atoms with E-state index in [1.54, 1.807) is 0 Å². The lowest BCUT2D eigenvalue weighted by molar-refractivity contribution is 0.403. The van der Waals surface area contributed by atoms with Crippen LogP contribution in [0.4, 0.5) is 8.78 Å². The van der Waals surface area contributed by atoms with E-state index >= 15 is 0 Å². The maximum absolute atomic E-state index is 13.5. The number of rotatable bonds is 4. The Morgan fingerprint density at radius 3 is 2.27 bits per heavy atom. The minimum absolute atomic E-state index is 0.0577. The lowest BCUT2D eigenvalue weighted by Crippen LogP contribution is -2.14. The fraction of sp³-hybridized carbons (Fsp3) is 0.455. The van der Waals surface area contributed by atoms with E-state index in [0.29, 0.717) is 6.42 Å². The van der Waals surface area contributed by atoms with Crippen molar-refractivity contribution in [1.82, 2.24) is 0 Å². The molecule has 0 bridgehead atoms. The first-order chi connectivity index (χ1) is 7.10. The molecule has 0 saturated carbocycles. The molecule has 1 aromatic rings. The maximum Gasteiger partial charge on any atom is 0.134 e. The van der Waals surface area contributed by atoms with Crippen molar-refractivity contribution in [2.24, 2.45) is 5.73 Å². The monoisotopic (exact) mass is 215 g/mol. The molecule has 2 nitrogen and oxygen atoms in total. The van der Waals surface area contributed by atoms with Crippen LogP contribution in [0.15, 0.2) is 12.1 Å². The molecule has 0 aliphatic heterocycles. The first-order valence-electron chi connectivity index (χ1n) is 4.88. The largest absolute Gasteiger partial charge is 0.497 e. The summed E-state index contributed by atoms with van der Waals surface area (Å²) >= 11 is 0. The van der Waals surface area contributed by atoms with Crippen molar-refractivity contribution in [3.8, 4) is 5.75 Å². The molecule has 1 aromatic carbocycles. The van der Waals surface area contributed by atoms with Gasteiger partial charge in [-0.2, -0.15) is 0 Å². The minimum Gasteiger partial charge on any atom is -0.497 e. The predicted octanol–water partition coefficient (Wildman–Crippen LogP) is 2.77. The number of benzene rings is 1. The van der Waals surface area contributed by atoms with Gasteiger partial charge in [0.05, 0.1) is 7.11 Å². The van der Waals surface area contributed by atoms with Crippen LogP contribution in [0.1, 0.15) is 31.4 Å². The number of hydrogen-bond acceptors (Lipinski definition) is 2. The van der Waals surface area contributed by atoms with Gasteiger partial charge in [0, 0.05) is 23.7 Å². The van der Waals surface area contributed by atoms with E-state index < -0.39 is 17.7 Å². The fourth-order valence-electron chi connectivity index (χ4n) is 1.49. The van der Waals surface area contributed by atoms with E-state index in [1.165, 1.54) is 7.11 Å². The van der Waals surface area contributed by atoms with Gasteiger partial charge in [-0.3, -0.25) is 0 Å². The molecule has 2 N–H and O–H groups in total. The lowest BCUT2D eigenvalue weighted by Gasteiger charge is -2.13. The van der Waals surface area contributed by atoms with E-state index in [9.17, 15) is 8.78 Å². The van der Waals surface area contributed by atoms with E-state index in [4.69, 9.17) is 10.5 Å². The van der Waals surface area contributed by atoms with E-state index in [2.05, 4.69) is 0 Å². The van der Waals surface area contributed by atoms with Gasteiger partial charge in [0.1, 0.15) is 17.4 Å². The predicted molar refractivity (Wildman–Crippen MR) is 54.7 cm³/mol. The Morgan fingerprint density at radius 1 is 1.33 bits per heavy atom. The highest BCUT2D eigenvalue weighted by atomic mass is 19.1. The highest BCUT2D eigenvalue weighted by Gasteiger charge is 2.17. The smallest absolute Gasteiger partial charge is 0.134 e. The van der Waals surface area contributed by atoms with Gasteiger partial charge in [0.2, 0.25) is 0 Å². The molecule has 15 heavy (non-hydrogen) atoms. The van der Waals surface area contributed by atoms with Gasteiger partial charge in [-0.25, -0.2) is 8.78 Å². The molecule has 0 unspecified atom stereocenters. The Kier molecular flexibility index (Phi) is 4.03. The van der Waals surface area contributed by atoms with Crippen LogP contribution in [0.25, 0.3) is 0 Å². The van der Waals surface area contributed by atoms with E-state index in [-0.39, 0.29) is 11.3 Å². The fourth-order valence-corrected chi connectivity index (χ4v) is 1.49. The van der Waals surface area contributed by atoms with Crippen molar-refractivity contribution in [2.45, 2.75) is 25.8 Å². The van der Waals surface area contributed by atoms with Crippen molar-refractivity contribution in [1.29, 1.82) is 0 Å². The van der Waals surface area contributed by atoms with Crippen molar-refractivity contribution in [2.75, 3.05) is 7.11 Å². The summed E-state index contributed by atoms with van der Waals surface area (Å²) in [6.07, 6.45) is 1.34. The standard InChI is InChI=1S/C11H15F2NO/c1-3-4-10(14)11-8(12)5-7(15-2)6-9(11)13/h5-6,10H,3-4,14H2,1-2H3/t10-/m0/s1. The zero-order chi connectivity index (χ0) is 11.4. The molecule has 1 atom stereocenters. The number of ether oxygens (including phenoxy) is 1. The van der Waals surface area contributed by atoms with Crippen LogP contribution >= 0.6 is 0 Å². The SMILES string of the molecule is CCC[C@H](N)c1c(F)cc(OC)cc1F. The number of nitrogens with two attached hydrogens (primary N) is 1. The second-order valence-corrected chi connectivity index (χ2v) is 3.40. The second kappa shape index (κ2) is 5.07. The Morgan fingerprint density at radius 2 is 1.87 bits per heavy atom. The van der Waals surface area contributed by atoms with Gasteiger partial charge in [0.25, 0.3) is 0 Å². The molecule has 0 spiro atoms. The third kappa shape index (κ3) is 2.65. The summed E-state index contributed by atoms with van der Waals surface area (Å²) in [5.74, 6) is -1.13. The molecule has 4 heteroatoms. The quantitative estimate of drug-likeness (QED) is 0.838. The molecule has 0 aromatic heterocycles. The normalized spacial score (nSPS) is 12.6. The Hall–Kier alpha value is -1.16. The zero-order valence-corrected chi connectivity index (χ0v) is 8.89. The van der Waals surface area contributed by atoms with Crippen LogP contribution < -0.4 is 10.5 Å². The molecule has 0 heterocycles. The summed E-state index contributed by atoms with van der Waals surface area (Å²) in [4.78, 5) is 0.